The van der Waals surface area contributed by atoms with Crippen LogP contribution in [0.3, 0.4) is 0 Å². The molecule has 0 aromatic carbocycles. The van der Waals surface area contributed by atoms with Gasteiger partial charge in [0.25, 0.3) is 0 Å². The molecule has 1 aliphatic heterocycles. The van der Waals surface area contributed by atoms with Crippen molar-refractivity contribution in [2.75, 3.05) is 18.8 Å². The van der Waals surface area contributed by atoms with E-state index in [1.54, 1.807) is 0 Å². The fourth-order valence-electron chi connectivity index (χ4n) is 2.20. The van der Waals surface area contributed by atoms with Crippen molar-refractivity contribution < 1.29 is 4.79 Å². The van der Waals surface area contributed by atoms with E-state index in [2.05, 4.69) is 18.7 Å². The second-order valence-corrected chi connectivity index (χ2v) is 6.34. The molecule has 1 aliphatic rings. The number of rotatable bonds is 6. The minimum absolute atomic E-state index is 0. The molecule has 0 aliphatic carbocycles. The van der Waals surface area contributed by atoms with E-state index >= 15 is 0 Å². The topological polar surface area (TPSA) is 46.3 Å². The van der Waals surface area contributed by atoms with Crippen LogP contribution >= 0.6 is 24.2 Å². The molecule has 5 heteroatoms. The van der Waals surface area contributed by atoms with Crippen LogP contribution in [0.4, 0.5) is 0 Å². The van der Waals surface area contributed by atoms with Crippen molar-refractivity contribution in [3.05, 3.63) is 0 Å². The van der Waals surface area contributed by atoms with Crippen LogP contribution in [0.5, 0.6) is 0 Å². The quantitative estimate of drug-likeness (QED) is 0.766. The highest BCUT2D eigenvalue weighted by atomic mass is 35.5. The molecule has 1 saturated heterocycles. The van der Waals surface area contributed by atoms with Gasteiger partial charge in [0.05, 0.1) is 0 Å². The van der Waals surface area contributed by atoms with Crippen molar-refractivity contribution in [1.29, 1.82) is 0 Å². The van der Waals surface area contributed by atoms with E-state index < -0.39 is 0 Å². The van der Waals surface area contributed by atoms with Gasteiger partial charge in [0.2, 0.25) is 5.91 Å². The molecule has 0 bridgehead atoms. The zero-order chi connectivity index (χ0) is 12.7. The predicted octanol–water partition coefficient (Wildman–Crippen LogP) is 2.67. The minimum atomic E-state index is 0. The molecule has 0 radical (unpaired) electrons. The molecule has 108 valence electrons. The maximum atomic E-state index is 12.1. The number of thioether (sulfide) groups is 1. The number of carbonyl (C=O) groups excluding carboxylic acids is 1. The Morgan fingerprint density at radius 1 is 1.28 bits per heavy atom. The van der Waals surface area contributed by atoms with Crippen molar-refractivity contribution in [1.82, 2.24) is 4.90 Å². The number of carbonyl (C=O) groups is 1. The molecule has 3 nitrogen and oxygen atoms in total. The fourth-order valence-corrected chi connectivity index (χ4v) is 3.30. The number of nitrogens with zero attached hydrogens (tertiary/aromatic N) is 1. The van der Waals surface area contributed by atoms with Gasteiger partial charge in [0.1, 0.15) is 0 Å². The first-order valence-electron chi connectivity index (χ1n) is 6.78. The predicted molar refractivity (Wildman–Crippen MR) is 82.5 cm³/mol. The van der Waals surface area contributed by atoms with Crippen LogP contribution in [0.15, 0.2) is 0 Å². The average molecular weight is 295 g/mol. The molecule has 0 aromatic rings. The molecular formula is C13H27ClN2OS. The van der Waals surface area contributed by atoms with Gasteiger partial charge < -0.3 is 10.6 Å². The van der Waals surface area contributed by atoms with Gasteiger partial charge in [-0.1, -0.05) is 19.8 Å². The van der Waals surface area contributed by atoms with Gasteiger partial charge in [-0.25, -0.2) is 0 Å². The first kappa shape index (κ1) is 18.1. The minimum Gasteiger partial charge on any atom is -0.338 e. The third-order valence-corrected chi connectivity index (χ3v) is 4.89. The smallest absolute Gasteiger partial charge is 0.222 e. The Morgan fingerprint density at radius 2 is 1.94 bits per heavy atom. The number of unbranched alkanes of at least 4 members (excludes halogenated alkanes) is 3. The maximum absolute atomic E-state index is 12.1. The number of nitrogens with two attached hydrogens (primary N) is 1. The molecule has 2 N–H and O–H groups in total. The highest BCUT2D eigenvalue weighted by Crippen LogP contribution is 2.25. The molecule has 0 aromatic heterocycles. The Bertz CT molecular complexity index is 241. The largest absolute Gasteiger partial charge is 0.338 e. The molecule has 0 spiro atoms. The number of halogens is 1. The number of amides is 1. The molecule has 1 amide bonds. The number of hydrogen-bond acceptors (Lipinski definition) is 3. The molecule has 1 fully saturated rings. The van der Waals surface area contributed by atoms with E-state index in [1.165, 1.54) is 0 Å². The molecule has 2 unspecified atom stereocenters. The standard InChI is InChI=1S/C13H26N2OS.ClH/c1-11-12(2)17-10-9-15(11)13(16)7-5-3-4-6-8-14;/h11-12H,3-10,14H2,1-2H3;1H. The van der Waals surface area contributed by atoms with E-state index in [4.69, 9.17) is 5.73 Å². The van der Waals surface area contributed by atoms with Gasteiger partial charge in [-0.3, -0.25) is 4.79 Å². The van der Waals surface area contributed by atoms with Crippen LogP contribution in [-0.2, 0) is 4.79 Å². The van der Waals surface area contributed by atoms with Gasteiger partial charge >= 0.3 is 0 Å². The van der Waals surface area contributed by atoms with Crippen molar-refractivity contribution in [3.63, 3.8) is 0 Å². The van der Waals surface area contributed by atoms with Crippen molar-refractivity contribution in [2.45, 2.75) is 57.2 Å². The van der Waals surface area contributed by atoms with Crippen LogP contribution in [0.2, 0.25) is 0 Å². The maximum Gasteiger partial charge on any atom is 0.222 e. The third kappa shape index (κ3) is 5.81. The summed E-state index contributed by atoms with van der Waals surface area (Å²) in [5.41, 5.74) is 5.44. The van der Waals surface area contributed by atoms with Gasteiger partial charge in [-0.15, -0.1) is 12.4 Å². The summed E-state index contributed by atoms with van der Waals surface area (Å²) in [5, 5.41) is 0.574. The number of hydrogen-bond donors (Lipinski definition) is 1. The third-order valence-electron chi connectivity index (χ3n) is 3.55. The zero-order valence-electron chi connectivity index (χ0n) is 11.6. The Labute approximate surface area is 122 Å². The Morgan fingerprint density at radius 3 is 2.61 bits per heavy atom. The van der Waals surface area contributed by atoms with Crippen LogP contribution in [0, 0.1) is 0 Å². The van der Waals surface area contributed by atoms with E-state index in [0.717, 1.165) is 44.5 Å². The summed E-state index contributed by atoms with van der Waals surface area (Å²) in [5.74, 6) is 1.43. The van der Waals surface area contributed by atoms with Gasteiger partial charge in [-0.05, 0) is 26.3 Å². The van der Waals surface area contributed by atoms with E-state index in [0.29, 0.717) is 23.6 Å². The van der Waals surface area contributed by atoms with Crippen molar-refractivity contribution >= 4 is 30.1 Å². The van der Waals surface area contributed by atoms with Crippen LogP contribution in [0.1, 0.15) is 46.0 Å². The summed E-state index contributed by atoms with van der Waals surface area (Å²) in [6.45, 7) is 6.09. The van der Waals surface area contributed by atoms with Crippen LogP contribution in [0.25, 0.3) is 0 Å². The first-order valence-corrected chi connectivity index (χ1v) is 7.83. The Hall–Kier alpha value is 0.0700. The van der Waals surface area contributed by atoms with Crippen LogP contribution < -0.4 is 5.73 Å². The average Bonchev–Trinajstić information content (AvgIpc) is 2.32. The molecule has 18 heavy (non-hydrogen) atoms. The van der Waals surface area contributed by atoms with Gasteiger partial charge in [-0.2, -0.15) is 11.8 Å². The second kappa shape index (κ2) is 9.93. The monoisotopic (exact) mass is 294 g/mol. The first-order chi connectivity index (χ1) is 8.16. The summed E-state index contributed by atoms with van der Waals surface area (Å²) in [4.78, 5) is 14.2. The van der Waals surface area contributed by atoms with Crippen molar-refractivity contribution in [2.24, 2.45) is 5.73 Å². The second-order valence-electron chi connectivity index (χ2n) is 4.86. The summed E-state index contributed by atoms with van der Waals surface area (Å²) in [6, 6.07) is 0.394. The van der Waals surface area contributed by atoms with Crippen LogP contribution in [-0.4, -0.2) is 40.9 Å². The SMILES string of the molecule is CC1SCCN(C(=O)CCCCCCN)C1C.Cl. The highest BCUT2D eigenvalue weighted by Gasteiger charge is 2.28. The highest BCUT2D eigenvalue weighted by molar-refractivity contribution is 8.00. The summed E-state index contributed by atoms with van der Waals surface area (Å²) in [6.07, 6.45) is 5.11. The Kier molecular flexibility index (Phi) is 9.97. The normalized spacial score (nSPS) is 23.6. The Balaban J connectivity index is 0.00000289. The molecule has 0 saturated carbocycles. The van der Waals surface area contributed by atoms with Gasteiger partial charge in [0.15, 0.2) is 0 Å². The lowest BCUT2D eigenvalue weighted by atomic mass is 10.1. The van der Waals surface area contributed by atoms with Crippen molar-refractivity contribution in [3.8, 4) is 0 Å². The molecule has 1 heterocycles. The summed E-state index contributed by atoms with van der Waals surface area (Å²) >= 11 is 1.97. The van der Waals surface area contributed by atoms with E-state index in [9.17, 15) is 4.79 Å². The zero-order valence-corrected chi connectivity index (χ0v) is 13.2. The van der Waals surface area contributed by atoms with E-state index in [-0.39, 0.29) is 12.4 Å². The summed E-state index contributed by atoms with van der Waals surface area (Å²) < 4.78 is 0. The lowest BCUT2D eigenvalue weighted by Crippen LogP contribution is -2.47. The fraction of sp³-hybridized carbons (Fsp3) is 0.923. The van der Waals surface area contributed by atoms with Gasteiger partial charge in [0, 0.05) is 30.0 Å². The lowest BCUT2D eigenvalue weighted by Gasteiger charge is -2.37. The molecule has 1 rings (SSSR count). The molecular weight excluding hydrogens is 268 g/mol. The molecule has 2 atom stereocenters. The van der Waals surface area contributed by atoms with E-state index in [1.807, 2.05) is 11.8 Å². The summed E-state index contributed by atoms with van der Waals surface area (Å²) in [7, 11) is 0. The lowest BCUT2D eigenvalue weighted by molar-refractivity contribution is -0.133.